The highest BCUT2D eigenvalue weighted by Crippen LogP contribution is 2.54. The molecule has 1 heteroatoms. The van der Waals surface area contributed by atoms with E-state index in [1.165, 1.54) is 66.9 Å². The van der Waals surface area contributed by atoms with Crippen LogP contribution in [0.1, 0.15) is 54.0 Å². The van der Waals surface area contributed by atoms with Crippen molar-refractivity contribution in [1.29, 1.82) is 0 Å². The predicted molar refractivity (Wildman–Crippen MR) is 233 cm³/mol. The smallest absolute Gasteiger partial charge is 0.0543 e. The summed E-state index contributed by atoms with van der Waals surface area (Å²) in [6.45, 7) is 4.71. The average Bonchev–Trinajstić information content (AvgIpc) is 3.49. The van der Waals surface area contributed by atoms with Gasteiger partial charge in [-0.05, 0) is 98.8 Å². The topological polar surface area (TPSA) is 3.24 Å². The van der Waals surface area contributed by atoms with Crippen molar-refractivity contribution in [2.45, 2.75) is 38.0 Å². The van der Waals surface area contributed by atoms with Crippen LogP contribution in [0, 0.1) is 0 Å². The van der Waals surface area contributed by atoms with E-state index < -0.39 is 0 Å². The number of hydrogen-bond acceptors (Lipinski definition) is 1. The Balaban J connectivity index is 1.07. The molecule has 1 aliphatic rings. The van der Waals surface area contributed by atoms with Gasteiger partial charge in [-0.2, -0.15) is 0 Å². The largest absolute Gasteiger partial charge is 0.310 e. The van der Waals surface area contributed by atoms with Crippen molar-refractivity contribution >= 4 is 17.1 Å². The number of anilines is 3. The van der Waals surface area contributed by atoms with Gasteiger partial charge in [-0.1, -0.05) is 190 Å². The quantitative estimate of drug-likeness (QED) is 0.137. The molecule has 0 heterocycles. The third-order valence-corrected chi connectivity index (χ3v) is 11.6. The first-order chi connectivity index (χ1) is 27.0. The molecule has 0 fully saturated rings. The molecule has 8 aromatic rings. The monoisotopic (exact) mass is 707 g/mol. The molecule has 0 aliphatic heterocycles. The minimum Gasteiger partial charge on any atom is -0.310 e. The van der Waals surface area contributed by atoms with Crippen LogP contribution in [0.2, 0.25) is 0 Å². The first-order valence-electron chi connectivity index (χ1n) is 19.5. The number of rotatable bonds is 10. The summed E-state index contributed by atoms with van der Waals surface area (Å²) in [6, 6.07) is 75.6. The van der Waals surface area contributed by atoms with Crippen LogP contribution in [0.15, 0.2) is 206 Å². The van der Waals surface area contributed by atoms with Gasteiger partial charge in [0.15, 0.2) is 0 Å². The highest BCUT2D eigenvalue weighted by Gasteiger charge is 2.37. The number of hydrogen-bond donors (Lipinski definition) is 0. The van der Waals surface area contributed by atoms with Crippen LogP contribution in [0.3, 0.4) is 0 Å². The number of benzene rings is 8. The zero-order chi connectivity index (χ0) is 37.2. The lowest BCUT2D eigenvalue weighted by atomic mass is 9.82. The van der Waals surface area contributed by atoms with Crippen LogP contribution in [-0.2, 0) is 11.8 Å². The molecule has 0 spiro atoms. The second-order valence-electron chi connectivity index (χ2n) is 15.3. The molecule has 9 rings (SSSR count). The van der Waals surface area contributed by atoms with Crippen molar-refractivity contribution in [1.82, 2.24) is 0 Å². The van der Waals surface area contributed by atoms with Crippen LogP contribution >= 0.6 is 0 Å². The summed E-state index contributed by atoms with van der Waals surface area (Å²) in [5.41, 5.74) is 17.7. The van der Waals surface area contributed by atoms with Crippen LogP contribution in [0.25, 0.3) is 33.4 Å². The zero-order valence-corrected chi connectivity index (χ0v) is 31.6. The normalized spacial score (nSPS) is 13.1. The van der Waals surface area contributed by atoms with Gasteiger partial charge >= 0.3 is 0 Å². The first kappa shape index (κ1) is 34.3. The van der Waals surface area contributed by atoms with Crippen molar-refractivity contribution < 1.29 is 0 Å². The van der Waals surface area contributed by atoms with Gasteiger partial charge in [-0.15, -0.1) is 0 Å². The van der Waals surface area contributed by atoms with Crippen molar-refractivity contribution in [2.24, 2.45) is 0 Å². The van der Waals surface area contributed by atoms with Gasteiger partial charge in [0.1, 0.15) is 0 Å². The van der Waals surface area contributed by atoms with E-state index in [2.05, 4.69) is 225 Å². The molecule has 1 unspecified atom stereocenters. The summed E-state index contributed by atoms with van der Waals surface area (Å²) in [7, 11) is 0. The Morgan fingerprint density at radius 2 is 0.891 bits per heavy atom. The van der Waals surface area contributed by atoms with Crippen LogP contribution < -0.4 is 4.90 Å². The minimum atomic E-state index is -0.0815. The first-order valence-corrected chi connectivity index (χ1v) is 19.5. The van der Waals surface area contributed by atoms with Gasteiger partial charge in [0.2, 0.25) is 0 Å². The van der Waals surface area contributed by atoms with E-state index in [1.54, 1.807) is 0 Å². The summed E-state index contributed by atoms with van der Waals surface area (Å²) >= 11 is 0. The molecule has 0 radical (unpaired) electrons. The second-order valence-corrected chi connectivity index (χ2v) is 15.3. The van der Waals surface area contributed by atoms with E-state index in [-0.39, 0.29) is 5.41 Å². The Bertz CT molecular complexity index is 2520. The highest BCUT2D eigenvalue weighted by atomic mass is 15.1. The molecule has 0 saturated heterocycles. The fourth-order valence-corrected chi connectivity index (χ4v) is 8.66. The van der Waals surface area contributed by atoms with E-state index in [0.29, 0.717) is 5.92 Å². The van der Waals surface area contributed by atoms with Crippen LogP contribution in [-0.4, -0.2) is 0 Å². The molecule has 0 saturated carbocycles. The second kappa shape index (κ2) is 14.8. The van der Waals surface area contributed by atoms with E-state index in [1.807, 2.05) is 0 Å². The standard InChI is InChI=1S/C54H45N/c1-54(2)50-22-13-12-21-49(50)53-51(54)23-14-24-52(53)55(46-34-30-42(31-35-46)40-17-8-4-9-18-40)47-36-32-43(33-37-47)41-26-28-45(29-27-41)48(44-19-10-5-11-20-44)38-25-39-15-6-3-7-16-39/h3-24,26-37,48H,25,38H2,1-2H3. The van der Waals surface area contributed by atoms with Gasteiger partial charge in [-0.3, -0.25) is 0 Å². The van der Waals surface area contributed by atoms with Crippen LogP contribution in [0.5, 0.6) is 0 Å². The molecule has 0 aromatic heterocycles. The summed E-state index contributed by atoms with van der Waals surface area (Å²) < 4.78 is 0. The third kappa shape index (κ3) is 6.68. The van der Waals surface area contributed by atoms with E-state index in [9.17, 15) is 0 Å². The van der Waals surface area contributed by atoms with Crippen molar-refractivity contribution in [3.63, 3.8) is 0 Å². The summed E-state index contributed by atoms with van der Waals surface area (Å²) in [5.74, 6) is 0.336. The number of fused-ring (bicyclic) bond motifs is 3. The molecule has 1 nitrogen and oxygen atoms in total. The molecule has 0 bridgehead atoms. The Morgan fingerprint density at radius 3 is 1.51 bits per heavy atom. The fraction of sp³-hybridized carbons (Fsp3) is 0.111. The lowest BCUT2D eigenvalue weighted by Crippen LogP contribution is -2.16. The van der Waals surface area contributed by atoms with Gasteiger partial charge < -0.3 is 4.90 Å². The Labute approximate surface area is 326 Å². The Hall–Kier alpha value is -6.44. The predicted octanol–water partition coefficient (Wildman–Crippen LogP) is 14.6. The minimum absolute atomic E-state index is 0.0815. The van der Waals surface area contributed by atoms with Crippen molar-refractivity contribution in [3.05, 3.63) is 234 Å². The molecule has 8 aromatic carbocycles. The van der Waals surface area contributed by atoms with Gasteiger partial charge in [0.05, 0.1) is 5.69 Å². The zero-order valence-electron chi connectivity index (χ0n) is 31.6. The van der Waals surface area contributed by atoms with E-state index in [4.69, 9.17) is 0 Å². The van der Waals surface area contributed by atoms with E-state index >= 15 is 0 Å². The molecule has 0 amide bonds. The molecule has 1 aliphatic carbocycles. The maximum Gasteiger partial charge on any atom is 0.0543 e. The van der Waals surface area contributed by atoms with Crippen LogP contribution in [0.4, 0.5) is 17.1 Å². The molecule has 55 heavy (non-hydrogen) atoms. The van der Waals surface area contributed by atoms with Gasteiger partial charge in [0, 0.05) is 28.3 Å². The average molecular weight is 708 g/mol. The van der Waals surface area contributed by atoms with Gasteiger partial charge in [-0.25, -0.2) is 0 Å². The maximum absolute atomic E-state index is 2.44. The Morgan fingerprint density at radius 1 is 0.418 bits per heavy atom. The lowest BCUT2D eigenvalue weighted by Gasteiger charge is -2.29. The molecule has 0 N–H and O–H groups in total. The number of nitrogens with zero attached hydrogens (tertiary/aromatic N) is 1. The fourth-order valence-electron chi connectivity index (χ4n) is 8.66. The van der Waals surface area contributed by atoms with Crippen molar-refractivity contribution in [2.75, 3.05) is 4.90 Å². The molecular formula is C54H45N. The summed E-state index contributed by atoms with van der Waals surface area (Å²) in [6.07, 6.45) is 2.11. The van der Waals surface area contributed by atoms with Crippen molar-refractivity contribution in [3.8, 4) is 33.4 Å². The molecule has 1 atom stereocenters. The maximum atomic E-state index is 2.44. The Kier molecular flexibility index (Phi) is 9.22. The molecular weight excluding hydrogens is 663 g/mol. The number of aryl methyl sites for hydroxylation is 1. The lowest BCUT2D eigenvalue weighted by molar-refractivity contribution is 0.660. The van der Waals surface area contributed by atoms with Gasteiger partial charge in [0.25, 0.3) is 0 Å². The third-order valence-electron chi connectivity index (χ3n) is 11.6. The summed E-state index contributed by atoms with van der Waals surface area (Å²) in [5, 5.41) is 0. The highest BCUT2D eigenvalue weighted by molar-refractivity contribution is 5.95. The van der Waals surface area contributed by atoms with E-state index in [0.717, 1.165) is 24.2 Å². The SMILES string of the molecule is CC1(C)c2ccccc2-c2c(N(c3ccc(-c4ccccc4)cc3)c3ccc(-c4ccc(C(CCc5ccccc5)c5ccccc5)cc4)cc3)cccc21. The molecule has 266 valence electrons. The summed E-state index contributed by atoms with van der Waals surface area (Å²) in [4.78, 5) is 2.44.